The Bertz CT molecular complexity index is 1410. The van der Waals surface area contributed by atoms with Gasteiger partial charge in [-0.3, -0.25) is 0 Å². The molecule has 0 amide bonds. The molecule has 0 aromatic heterocycles. The van der Waals surface area contributed by atoms with E-state index in [1.54, 1.807) is 0 Å². The summed E-state index contributed by atoms with van der Waals surface area (Å²) in [6.07, 6.45) is 0. The van der Waals surface area contributed by atoms with Gasteiger partial charge < -0.3 is 56.8 Å². The maximum absolute atomic E-state index is 6.09. The van der Waals surface area contributed by atoms with Gasteiger partial charge in [0.15, 0.2) is 11.5 Å². The van der Waals surface area contributed by atoms with Crippen LogP contribution in [-0.2, 0) is 66.0 Å². The van der Waals surface area contributed by atoms with Crippen LogP contribution >= 0.6 is 0 Å². The number of rotatable bonds is 36. The second-order valence-electron chi connectivity index (χ2n) is 14.6. The van der Waals surface area contributed by atoms with Crippen molar-refractivity contribution in [1.82, 2.24) is 0 Å². The molecular formula is C46H70O12. The van der Waals surface area contributed by atoms with Crippen molar-refractivity contribution in [3.05, 3.63) is 94.5 Å². The minimum absolute atomic E-state index is 0.0300. The van der Waals surface area contributed by atoms with Gasteiger partial charge >= 0.3 is 0 Å². The number of hydrogen-bond acceptors (Lipinski definition) is 12. The van der Waals surface area contributed by atoms with E-state index < -0.39 is 0 Å². The van der Waals surface area contributed by atoms with Crippen molar-refractivity contribution < 1.29 is 56.8 Å². The van der Waals surface area contributed by atoms with Crippen LogP contribution in [-0.4, -0.2) is 132 Å². The van der Waals surface area contributed by atoms with Crippen LogP contribution < -0.4 is 9.47 Å². The fraction of sp³-hybridized carbons (Fsp3) is 0.609. The maximum atomic E-state index is 6.09. The molecule has 0 unspecified atom stereocenters. The van der Waals surface area contributed by atoms with Crippen molar-refractivity contribution in [2.45, 2.75) is 53.2 Å². The first kappa shape index (κ1) is 49.2. The maximum Gasteiger partial charge on any atom is 0.161 e. The van der Waals surface area contributed by atoms with E-state index >= 15 is 0 Å². The topological polar surface area (TPSA) is 111 Å². The first-order valence-electron chi connectivity index (χ1n) is 20.6. The largest absolute Gasteiger partial charge is 0.487 e. The third kappa shape index (κ3) is 24.7. The molecule has 12 heteroatoms. The fourth-order valence-corrected chi connectivity index (χ4v) is 5.14. The number of aryl methyl sites for hydroxylation is 2. The van der Waals surface area contributed by atoms with E-state index in [1.807, 2.05) is 12.1 Å². The normalized spacial score (nSPS) is 11.7. The summed E-state index contributed by atoms with van der Waals surface area (Å²) in [4.78, 5) is 0. The van der Waals surface area contributed by atoms with Crippen LogP contribution in [0.15, 0.2) is 66.7 Å². The second kappa shape index (κ2) is 31.7. The smallest absolute Gasteiger partial charge is 0.161 e. The van der Waals surface area contributed by atoms with Gasteiger partial charge in [0.2, 0.25) is 0 Å². The predicted octanol–water partition coefficient (Wildman–Crippen LogP) is 6.92. The number of benzene rings is 3. The molecule has 0 N–H and O–H groups in total. The van der Waals surface area contributed by atoms with E-state index in [9.17, 15) is 0 Å². The van der Waals surface area contributed by atoms with Gasteiger partial charge in [-0.15, -0.1) is 0 Å². The molecule has 58 heavy (non-hydrogen) atoms. The van der Waals surface area contributed by atoms with Crippen LogP contribution in [0.5, 0.6) is 11.5 Å². The van der Waals surface area contributed by atoms with Crippen molar-refractivity contribution in [1.29, 1.82) is 0 Å². The lowest BCUT2D eigenvalue weighted by atomic mass is 9.87. The molecule has 12 nitrogen and oxygen atoms in total. The molecule has 0 saturated heterocycles. The Morgan fingerprint density at radius 2 is 0.621 bits per heavy atom. The Labute approximate surface area is 347 Å². The van der Waals surface area contributed by atoms with Gasteiger partial charge in [-0.2, -0.15) is 0 Å². The van der Waals surface area contributed by atoms with Gasteiger partial charge in [0, 0.05) is 0 Å². The Kier molecular flexibility index (Phi) is 26.9. The number of ether oxygens (including phenoxy) is 12. The van der Waals surface area contributed by atoms with E-state index in [-0.39, 0.29) is 5.41 Å². The zero-order valence-electron chi connectivity index (χ0n) is 35.8. The monoisotopic (exact) mass is 814 g/mol. The Morgan fingerprint density at radius 3 is 0.948 bits per heavy atom. The summed E-state index contributed by atoms with van der Waals surface area (Å²) in [5.74, 6) is 1.35. The lowest BCUT2D eigenvalue weighted by Crippen LogP contribution is -2.16. The molecule has 0 atom stereocenters. The van der Waals surface area contributed by atoms with Crippen molar-refractivity contribution in [2.75, 3.05) is 132 Å². The molecule has 0 radical (unpaired) electrons. The molecule has 326 valence electrons. The van der Waals surface area contributed by atoms with E-state index in [0.29, 0.717) is 157 Å². The van der Waals surface area contributed by atoms with Crippen LogP contribution in [0.3, 0.4) is 0 Å². The Morgan fingerprint density at radius 1 is 0.328 bits per heavy atom. The van der Waals surface area contributed by atoms with Gasteiger partial charge in [0.25, 0.3) is 0 Å². The number of hydrogen-bond donors (Lipinski definition) is 0. The van der Waals surface area contributed by atoms with Crippen LogP contribution in [0.2, 0.25) is 0 Å². The molecule has 0 fully saturated rings. The molecular weight excluding hydrogens is 744 g/mol. The summed E-state index contributed by atoms with van der Waals surface area (Å²) in [5, 5.41) is 0. The molecule has 0 saturated carbocycles. The minimum Gasteiger partial charge on any atom is -0.487 e. The fourth-order valence-electron chi connectivity index (χ4n) is 5.14. The molecule has 0 aliphatic carbocycles. The Hall–Kier alpha value is -3.14. The molecule has 0 spiro atoms. The molecule has 0 bridgehead atoms. The molecule has 0 aliphatic heterocycles. The highest BCUT2D eigenvalue weighted by Crippen LogP contribution is 2.33. The zero-order chi connectivity index (χ0) is 41.4. The summed E-state index contributed by atoms with van der Waals surface area (Å²) in [5.41, 5.74) is 5.94. The first-order chi connectivity index (χ1) is 28.3. The lowest BCUT2D eigenvalue weighted by Gasteiger charge is -2.21. The second-order valence-corrected chi connectivity index (χ2v) is 14.6. The average molecular weight is 815 g/mol. The SMILES string of the molecule is Cc1ccc(COCCOCCOCCOCCOCCOc2ccc(C(C)(C)C)cc2OCCOCCOCCOCCOCCOCc2ccc(C)cc2)cc1. The lowest BCUT2D eigenvalue weighted by molar-refractivity contribution is -0.0144. The van der Waals surface area contributed by atoms with Crippen molar-refractivity contribution in [3.63, 3.8) is 0 Å². The molecule has 3 rings (SSSR count). The Balaban J connectivity index is 1.10. The summed E-state index contributed by atoms with van der Waals surface area (Å²) in [7, 11) is 0. The summed E-state index contributed by atoms with van der Waals surface area (Å²) >= 11 is 0. The summed E-state index contributed by atoms with van der Waals surface area (Å²) < 4.78 is 68.3. The highest BCUT2D eigenvalue weighted by atomic mass is 16.6. The minimum atomic E-state index is -0.0300. The highest BCUT2D eigenvalue weighted by molar-refractivity contribution is 5.45. The third-order valence-corrected chi connectivity index (χ3v) is 8.53. The quantitative estimate of drug-likeness (QED) is 0.0569. The van der Waals surface area contributed by atoms with Gasteiger partial charge in [-0.1, -0.05) is 86.5 Å². The molecule has 3 aromatic rings. The first-order valence-corrected chi connectivity index (χ1v) is 20.6. The van der Waals surface area contributed by atoms with E-state index in [2.05, 4.69) is 89.2 Å². The summed E-state index contributed by atoms with van der Waals surface area (Å²) in [6.45, 7) is 21.6. The molecule has 0 aliphatic rings. The van der Waals surface area contributed by atoms with Gasteiger partial charge in [0.05, 0.1) is 132 Å². The highest BCUT2D eigenvalue weighted by Gasteiger charge is 2.17. The van der Waals surface area contributed by atoms with Gasteiger partial charge in [-0.05, 0) is 48.1 Å². The van der Waals surface area contributed by atoms with Crippen molar-refractivity contribution in [3.8, 4) is 11.5 Å². The van der Waals surface area contributed by atoms with E-state index in [4.69, 9.17) is 56.8 Å². The van der Waals surface area contributed by atoms with E-state index in [1.165, 1.54) is 11.1 Å². The predicted molar refractivity (Wildman–Crippen MR) is 224 cm³/mol. The van der Waals surface area contributed by atoms with E-state index in [0.717, 1.165) is 16.7 Å². The molecule has 0 heterocycles. The van der Waals surface area contributed by atoms with Crippen LogP contribution in [0.4, 0.5) is 0 Å². The van der Waals surface area contributed by atoms with Crippen molar-refractivity contribution >= 4 is 0 Å². The van der Waals surface area contributed by atoms with Crippen LogP contribution in [0.1, 0.15) is 48.6 Å². The standard InChI is InChI=1S/C46H70O12/c1-39-6-10-41(11-7-39)37-55-30-28-51-22-20-47-16-18-49-24-26-53-32-34-57-44-15-14-43(46(3,4)5)36-45(44)58-35-33-54-27-25-50-19-17-48-21-23-52-29-31-56-38-42-12-8-40(2)9-13-42/h6-15,36H,16-35,37-38H2,1-5H3. The zero-order valence-corrected chi connectivity index (χ0v) is 35.8. The van der Waals surface area contributed by atoms with Crippen LogP contribution in [0.25, 0.3) is 0 Å². The van der Waals surface area contributed by atoms with Gasteiger partial charge in [-0.25, -0.2) is 0 Å². The van der Waals surface area contributed by atoms with Crippen LogP contribution in [0, 0.1) is 13.8 Å². The average Bonchev–Trinajstić information content (AvgIpc) is 3.21. The summed E-state index contributed by atoms with van der Waals surface area (Å²) in [6, 6.07) is 22.7. The molecule has 3 aromatic carbocycles. The van der Waals surface area contributed by atoms with Crippen molar-refractivity contribution in [2.24, 2.45) is 0 Å². The third-order valence-electron chi connectivity index (χ3n) is 8.53. The van der Waals surface area contributed by atoms with Gasteiger partial charge in [0.1, 0.15) is 13.2 Å².